The van der Waals surface area contributed by atoms with Crippen molar-refractivity contribution in [1.29, 1.82) is 0 Å². The van der Waals surface area contributed by atoms with Gasteiger partial charge < -0.3 is 29.2 Å². The molecule has 8 atom stereocenters. The predicted molar refractivity (Wildman–Crippen MR) is 130 cm³/mol. The van der Waals surface area contributed by atoms with Crippen molar-refractivity contribution in [3.05, 3.63) is 25.3 Å². The molecule has 1 aliphatic heterocycles. The molecule has 2 aliphatic carbocycles. The number of ether oxygens (including phenoxy) is 4. The Hall–Kier alpha value is -2.07. The van der Waals surface area contributed by atoms with E-state index in [1.165, 1.54) is 13.0 Å². The molecule has 0 spiro atoms. The number of fused-ring (bicyclic) bond motifs is 3. The van der Waals surface area contributed by atoms with Crippen molar-refractivity contribution < 1.29 is 43.5 Å². The van der Waals surface area contributed by atoms with Crippen LogP contribution in [0.25, 0.3) is 0 Å². The Bertz CT molecular complexity index is 944. The number of hydrogen-bond acceptors (Lipinski definition) is 9. The van der Waals surface area contributed by atoms with Gasteiger partial charge in [0.15, 0.2) is 17.5 Å². The highest BCUT2D eigenvalue weighted by Gasteiger charge is 2.82. The molecule has 0 radical (unpaired) electrons. The SMILES string of the molecule is C=CC(=O)O[C@H]1[C@H]2C(C)(C)CC[C@H](O)[C@]2(C)[C@@]2(O)C(=O)C[C@](C)(C=C)O[C@]2(C)[C@H]1OC(=O)COCC. The molecule has 1 heterocycles. The standard InChI is InChI=1S/C27H40O9/c1-9-18(30)34-20-21-23(4,5)13-12-16(28)25(21,7)27(32)17(29)14-24(6,10-2)36-26(27,8)22(20)35-19(31)15-33-11-3/h9-10,16,20-22,28,32H,1-2,11-15H2,3-8H3/t16-,20-,21-,22-,24-,25-,26+,27-/m0/s1. The smallest absolute Gasteiger partial charge is 0.332 e. The van der Waals surface area contributed by atoms with Gasteiger partial charge in [-0.05, 0) is 39.0 Å². The van der Waals surface area contributed by atoms with Crippen LogP contribution in [0.15, 0.2) is 25.3 Å². The highest BCUT2D eigenvalue weighted by Crippen LogP contribution is 2.67. The summed E-state index contributed by atoms with van der Waals surface area (Å²) in [5.74, 6) is -2.90. The van der Waals surface area contributed by atoms with Crippen LogP contribution in [0.2, 0.25) is 0 Å². The second-order valence-corrected chi connectivity index (χ2v) is 11.5. The third-order valence-electron chi connectivity index (χ3n) is 8.80. The quantitative estimate of drug-likeness (QED) is 0.302. The molecule has 0 aromatic heterocycles. The topological polar surface area (TPSA) is 129 Å². The molecule has 0 aromatic carbocycles. The van der Waals surface area contributed by atoms with Gasteiger partial charge in [-0.1, -0.05) is 33.4 Å². The van der Waals surface area contributed by atoms with E-state index in [9.17, 15) is 24.6 Å². The maximum atomic E-state index is 14.0. The molecule has 9 heteroatoms. The van der Waals surface area contributed by atoms with Crippen molar-refractivity contribution in [3.63, 3.8) is 0 Å². The molecule has 202 valence electrons. The Balaban J connectivity index is 2.34. The van der Waals surface area contributed by atoms with E-state index in [1.807, 2.05) is 13.8 Å². The maximum absolute atomic E-state index is 14.0. The fourth-order valence-electron chi connectivity index (χ4n) is 7.11. The van der Waals surface area contributed by atoms with E-state index in [1.54, 1.807) is 20.8 Å². The van der Waals surface area contributed by atoms with Gasteiger partial charge in [0.1, 0.15) is 18.3 Å². The summed E-state index contributed by atoms with van der Waals surface area (Å²) in [6.45, 7) is 17.5. The van der Waals surface area contributed by atoms with Gasteiger partial charge in [0.05, 0.1) is 11.7 Å². The summed E-state index contributed by atoms with van der Waals surface area (Å²) in [5, 5.41) is 24.0. The number of ketones is 1. The van der Waals surface area contributed by atoms with Crippen molar-refractivity contribution in [2.24, 2.45) is 16.7 Å². The summed E-state index contributed by atoms with van der Waals surface area (Å²) in [6.07, 6.45) is -0.655. The van der Waals surface area contributed by atoms with Crippen LogP contribution in [0.5, 0.6) is 0 Å². The maximum Gasteiger partial charge on any atom is 0.332 e. The first kappa shape index (κ1) is 28.5. The van der Waals surface area contributed by atoms with Gasteiger partial charge in [0, 0.05) is 30.4 Å². The van der Waals surface area contributed by atoms with Crippen LogP contribution in [0.1, 0.15) is 60.8 Å². The molecule has 3 aliphatic rings. The van der Waals surface area contributed by atoms with Crippen LogP contribution < -0.4 is 0 Å². The average molecular weight is 509 g/mol. The molecule has 2 saturated carbocycles. The molecular formula is C27H40O9. The number of esters is 2. The lowest BCUT2D eigenvalue weighted by atomic mass is 9.39. The number of aliphatic hydroxyl groups is 2. The minimum absolute atomic E-state index is 0.200. The fraction of sp³-hybridized carbons (Fsp3) is 0.741. The summed E-state index contributed by atoms with van der Waals surface area (Å²) >= 11 is 0. The van der Waals surface area contributed by atoms with E-state index in [0.717, 1.165) is 6.08 Å². The van der Waals surface area contributed by atoms with Crippen molar-refractivity contribution in [3.8, 4) is 0 Å². The molecule has 3 rings (SSSR count). The average Bonchev–Trinajstić information content (AvgIpc) is 2.80. The third kappa shape index (κ3) is 3.95. The molecule has 0 bridgehead atoms. The van der Waals surface area contributed by atoms with E-state index in [-0.39, 0.29) is 19.6 Å². The Morgan fingerprint density at radius 1 is 1.17 bits per heavy atom. The summed E-state index contributed by atoms with van der Waals surface area (Å²) in [4.78, 5) is 39.4. The van der Waals surface area contributed by atoms with E-state index < -0.39 is 69.6 Å². The van der Waals surface area contributed by atoms with Crippen LogP contribution in [-0.4, -0.2) is 76.3 Å². The van der Waals surface area contributed by atoms with Crippen molar-refractivity contribution in [2.75, 3.05) is 13.2 Å². The Morgan fingerprint density at radius 3 is 2.36 bits per heavy atom. The summed E-state index contributed by atoms with van der Waals surface area (Å²) in [7, 11) is 0. The summed E-state index contributed by atoms with van der Waals surface area (Å²) in [5.41, 5.74) is -7.58. The molecule has 9 nitrogen and oxygen atoms in total. The number of hydrogen-bond donors (Lipinski definition) is 2. The zero-order valence-corrected chi connectivity index (χ0v) is 22.2. The normalized spacial score (nSPS) is 43.5. The molecule has 36 heavy (non-hydrogen) atoms. The van der Waals surface area contributed by atoms with E-state index in [2.05, 4.69) is 13.2 Å². The molecule has 1 saturated heterocycles. The van der Waals surface area contributed by atoms with Crippen molar-refractivity contribution in [2.45, 2.75) is 95.9 Å². The number of rotatable bonds is 7. The highest BCUT2D eigenvalue weighted by atomic mass is 16.6. The van der Waals surface area contributed by atoms with Gasteiger partial charge >= 0.3 is 11.9 Å². The van der Waals surface area contributed by atoms with Crippen LogP contribution >= 0.6 is 0 Å². The molecule has 0 aromatic rings. The van der Waals surface area contributed by atoms with Gasteiger partial charge in [0.2, 0.25) is 0 Å². The van der Waals surface area contributed by atoms with Crippen molar-refractivity contribution in [1.82, 2.24) is 0 Å². The monoisotopic (exact) mass is 508 g/mol. The Labute approximate surface area is 212 Å². The summed E-state index contributed by atoms with van der Waals surface area (Å²) in [6, 6.07) is 0. The minimum Gasteiger partial charge on any atom is -0.455 e. The largest absolute Gasteiger partial charge is 0.455 e. The van der Waals surface area contributed by atoms with Crippen LogP contribution in [-0.2, 0) is 33.3 Å². The van der Waals surface area contributed by atoms with Gasteiger partial charge in [-0.25, -0.2) is 9.59 Å². The molecular weight excluding hydrogens is 468 g/mol. The first-order valence-electron chi connectivity index (χ1n) is 12.5. The molecule has 0 unspecified atom stereocenters. The number of Topliss-reactive ketones (excluding diaryl/α,β-unsaturated/α-hetero) is 1. The van der Waals surface area contributed by atoms with E-state index >= 15 is 0 Å². The first-order valence-corrected chi connectivity index (χ1v) is 12.5. The third-order valence-corrected chi connectivity index (χ3v) is 8.80. The van der Waals surface area contributed by atoms with Crippen molar-refractivity contribution >= 4 is 17.7 Å². The number of carbonyl (C=O) groups excluding carboxylic acids is 3. The van der Waals surface area contributed by atoms with Gasteiger partial charge in [0.25, 0.3) is 0 Å². The van der Waals surface area contributed by atoms with E-state index in [0.29, 0.717) is 12.8 Å². The highest BCUT2D eigenvalue weighted by molar-refractivity contribution is 5.92. The number of carbonyl (C=O) groups is 3. The zero-order chi connectivity index (χ0) is 27.3. The fourth-order valence-corrected chi connectivity index (χ4v) is 7.11. The molecule has 3 fully saturated rings. The second kappa shape index (κ2) is 9.35. The van der Waals surface area contributed by atoms with Gasteiger partial charge in [-0.15, -0.1) is 6.58 Å². The lowest BCUT2D eigenvalue weighted by Crippen LogP contribution is -2.87. The lowest BCUT2D eigenvalue weighted by Gasteiger charge is -2.71. The number of aliphatic hydroxyl groups excluding tert-OH is 1. The molecule has 0 amide bonds. The van der Waals surface area contributed by atoms with Crippen LogP contribution in [0.3, 0.4) is 0 Å². The Morgan fingerprint density at radius 2 is 1.81 bits per heavy atom. The lowest BCUT2D eigenvalue weighted by molar-refractivity contribution is -0.371. The zero-order valence-electron chi connectivity index (χ0n) is 22.2. The Kier molecular flexibility index (Phi) is 7.40. The second-order valence-electron chi connectivity index (χ2n) is 11.5. The minimum atomic E-state index is -2.29. The van der Waals surface area contributed by atoms with Crippen LogP contribution in [0, 0.1) is 16.7 Å². The summed E-state index contributed by atoms with van der Waals surface area (Å²) < 4.78 is 23.4. The van der Waals surface area contributed by atoms with Gasteiger partial charge in [-0.2, -0.15) is 0 Å². The van der Waals surface area contributed by atoms with E-state index in [4.69, 9.17) is 18.9 Å². The first-order chi connectivity index (χ1) is 16.6. The molecule has 2 N–H and O–H groups in total. The predicted octanol–water partition coefficient (Wildman–Crippen LogP) is 2.27. The van der Waals surface area contributed by atoms with Gasteiger partial charge in [-0.3, -0.25) is 4.79 Å². The van der Waals surface area contributed by atoms with Crippen LogP contribution in [0.4, 0.5) is 0 Å².